The first-order valence-corrected chi connectivity index (χ1v) is 12.2. The summed E-state index contributed by atoms with van der Waals surface area (Å²) in [5.74, 6) is 0.806. The van der Waals surface area contributed by atoms with Crippen LogP contribution in [0.15, 0.2) is 60.7 Å². The van der Waals surface area contributed by atoms with Crippen molar-refractivity contribution in [2.45, 2.75) is 50.6 Å². The molecule has 0 spiro atoms. The van der Waals surface area contributed by atoms with Crippen molar-refractivity contribution in [3.8, 4) is 0 Å². The first-order chi connectivity index (χ1) is 15.6. The van der Waals surface area contributed by atoms with Crippen molar-refractivity contribution in [1.29, 1.82) is 0 Å². The number of carbonyl (C=O) groups is 3. The largest absolute Gasteiger partial charge is 0.368 e. The number of ketones is 1. The molecule has 0 saturated carbocycles. The zero-order valence-corrected chi connectivity index (χ0v) is 20.3. The molecule has 0 aliphatic carbocycles. The van der Waals surface area contributed by atoms with Gasteiger partial charge in [-0.3, -0.25) is 14.4 Å². The van der Waals surface area contributed by atoms with E-state index in [0.29, 0.717) is 31.6 Å². The number of Topliss-reactive ketones (excluding diaryl/α,β-unsaturated/α-hetero) is 1. The Morgan fingerprint density at radius 1 is 1.06 bits per heavy atom. The molecular formula is C26H34N2O4S2. The van der Waals surface area contributed by atoms with Crippen molar-refractivity contribution in [1.82, 2.24) is 10.2 Å². The van der Waals surface area contributed by atoms with Gasteiger partial charge in [-0.05, 0) is 24.0 Å². The van der Waals surface area contributed by atoms with E-state index in [1.54, 1.807) is 16.7 Å². The number of fused-ring (bicyclic) bond motifs is 1. The van der Waals surface area contributed by atoms with E-state index in [4.69, 9.17) is 4.74 Å². The number of aryl methyl sites for hydroxylation is 1. The highest BCUT2D eigenvalue weighted by Crippen LogP contribution is 2.28. The topological polar surface area (TPSA) is 75.7 Å². The molecule has 8 heteroatoms. The van der Waals surface area contributed by atoms with Crippen LogP contribution in [0.5, 0.6) is 0 Å². The van der Waals surface area contributed by atoms with Crippen molar-refractivity contribution in [3.63, 3.8) is 0 Å². The van der Waals surface area contributed by atoms with Crippen LogP contribution < -0.4 is 5.32 Å². The number of thioether (sulfide) groups is 1. The van der Waals surface area contributed by atoms with E-state index in [1.165, 1.54) is 5.56 Å². The highest BCUT2D eigenvalue weighted by molar-refractivity contribution is 7.98. The number of likely N-dealkylation sites (tertiary alicyclic amines) is 1. The zero-order valence-electron chi connectivity index (χ0n) is 18.4. The highest BCUT2D eigenvalue weighted by Gasteiger charge is 2.47. The Hall–Kier alpha value is -2.29. The maximum absolute atomic E-state index is 13.4. The van der Waals surface area contributed by atoms with Crippen LogP contribution in [0.25, 0.3) is 0 Å². The van der Waals surface area contributed by atoms with E-state index in [1.807, 2.05) is 60.7 Å². The van der Waals surface area contributed by atoms with Gasteiger partial charge in [0.25, 0.3) is 0 Å². The fraction of sp³-hybridized carbons (Fsp3) is 0.423. The molecule has 34 heavy (non-hydrogen) atoms. The highest BCUT2D eigenvalue weighted by atomic mass is 32.2. The maximum Gasteiger partial charge on any atom is 0.246 e. The van der Waals surface area contributed by atoms with Crippen molar-refractivity contribution in [2.24, 2.45) is 0 Å². The lowest BCUT2D eigenvalue weighted by atomic mass is 10.1. The lowest BCUT2D eigenvalue weighted by molar-refractivity contribution is -0.139. The van der Waals surface area contributed by atoms with Gasteiger partial charge in [0.15, 0.2) is 5.78 Å². The summed E-state index contributed by atoms with van der Waals surface area (Å²) in [5.41, 5.74) is 2.25. The third-order valence-corrected chi connectivity index (χ3v) is 7.01. The minimum Gasteiger partial charge on any atom is -0.368 e. The van der Waals surface area contributed by atoms with Gasteiger partial charge in [-0.15, -0.1) is 0 Å². The van der Waals surface area contributed by atoms with Crippen molar-refractivity contribution < 1.29 is 19.1 Å². The average molecular weight is 503 g/mol. The standard InChI is InChI=1S/C25H28N2O4S.CH4.H2S/c28-21-15-31-22-13-14-27(24(21)22)25(30)20(17-32-16-19-9-5-2-6-10-19)26-23(29)12-11-18-7-3-1-4-8-18;;/h1-10,20,22,24H,11-17H2,(H,26,29);1H4;1H2/t20-,22+,24+;;/m0../s1. The Labute approximate surface area is 213 Å². The Bertz CT molecular complexity index is 942. The maximum atomic E-state index is 13.4. The second-order valence-corrected chi connectivity index (χ2v) is 9.22. The second-order valence-electron chi connectivity index (χ2n) is 8.19. The molecule has 2 aliphatic rings. The summed E-state index contributed by atoms with van der Waals surface area (Å²) in [7, 11) is 0. The molecule has 2 aromatic carbocycles. The summed E-state index contributed by atoms with van der Waals surface area (Å²) < 4.78 is 5.52. The Kier molecular flexibility index (Phi) is 11.1. The third kappa shape index (κ3) is 7.10. The molecule has 6 nitrogen and oxygen atoms in total. The van der Waals surface area contributed by atoms with E-state index < -0.39 is 12.1 Å². The monoisotopic (exact) mass is 502 g/mol. The lowest BCUT2D eigenvalue weighted by Crippen LogP contribution is -2.53. The summed E-state index contributed by atoms with van der Waals surface area (Å²) in [6.45, 7) is 0.551. The first kappa shape index (κ1) is 28.0. The van der Waals surface area contributed by atoms with Gasteiger partial charge >= 0.3 is 0 Å². The van der Waals surface area contributed by atoms with Gasteiger partial charge in [-0.25, -0.2) is 0 Å². The van der Waals surface area contributed by atoms with Gasteiger partial charge in [0.1, 0.15) is 18.7 Å². The number of nitrogens with zero attached hydrogens (tertiary/aromatic N) is 1. The molecule has 2 fully saturated rings. The van der Waals surface area contributed by atoms with Crippen LogP contribution >= 0.6 is 25.3 Å². The van der Waals surface area contributed by atoms with E-state index in [0.717, 1.165) is 11.3 Å². The minimum absolute atomic E-state index is 0. The number of amides is 2. The van der Waals surface area contributed by atoms with Crippen LogP contribution in [0.2, 0.25) is 0 Å². The van der Waals surface area contributed by atoms with Crippen LogP contribution in [-0.2, 0) is 31.3 Å². The zero-order chi connectivity index (χ0) is 22.3. The fourth-order valence-corrected chi connectivity index (χ4v) is 5.26. The number of carbonyl (C=O) groups excluding carboxylic acids is 3. The van der Waals surface area contributed by atoms with Gasteiger partial charge in [-0.2, -0.15) is 25.3 Å². The summed E-state index contributed by atoms with van der Waals surface area (Å²) in [6.07, 6.45) is 1.38. The van der Waals surface area contributed by atoms with Crippen LogP contribution in [0.3, 0.4) is 0 Å². The molecule has 3 atom stereocenters. The van der Waals surface area contributed by atoms with Crippen molar-refractivity contribution >= 4 is 42.9 Å². The minimum atomic E-state index is -0.667. The Morgan fingerprint density at radius 3 is 2.38 bits per heavy atom. The molecule has 2 aromatic rings. The van der Waals surface area contributed by atoms with E-state index in [-0.39, 0.29) is 51.2 Å². The Morgan fingerprint density at radius 2 is 1.71 bits per heavy atom. The quantitative estimate of drug-likeness (QED) is 0.569. The molecule has 0 unspecified atom stereocenters. The molecule has 0 radical (unpaired) electrons. The summed E-state index contributed by atoms with van der Waals surface area (Å²) >= 11 is 1.61. The second kappa shape index (κ2) is 13.6. The first-order valence-electron chi connectivity index (χ1n) is 11.0. The SMILES string of the molecule is C.O=C(CCc1ccccc1)N[C@@H](CSCc1ccccc1)C(=O)N1CC[C@H]2OCC(=O)[C@H]21.S. The van der Waals surface area contributed by atoms with Crippen LogP contribution in [0.4, 0.5) is 0 Å². The number of benzene rings is 2. The molecule has 0 bridgehead atoms. The van der Waals surface area contributed by atoms with Gasteiger partial charge in [-0.1, -0.05) is 68.1 Å². The molecule has 2 saturated heterocycles. The van der Waals surface area contributed by atoms with Gasteiger partial charge in [0.2, 0.25) is 11.8 Å². The molecule has 4 rings (SSSR count). The summed E-state index contributed by atoms with van der Waals surface area (Å²) in [5, 5.41) is 2.94. The lowest BCUT2D eigenvalue weighted by Gasteiger charge is -2.27. The summed E-state index contributed by atoms with van der Waals surface area (Å²) in [6, 6.07) is 18.7. The van der Waals surface area contributed by atoms with Crippen LogP contribution in [0, 0.1) is 0 Å². The predicted molar refractivity (Wildman–Crippen MR) is 141 cm³/mol. The normalized spacial score (nSPS) is 19.5. The number of nitrogens with one attached hydrogen (secondary N) is 1. The average Bonchev–Trinajstić information content (AvgIpc) is 3.41. The van der Waals surface area contributed by atoms with Gasteiger partial charge < -0.3 is 15.0 Å². The molecule has 1 N–H and O–H groups in total. The van der Waals surface area contributed by atoms with Crippen molar-refractivity contribution in [3.05, 3.63) is 71.8 Å². The van der Waals surface area contributed by atoms with Crippen LogP contribution in [-0.4, -0.2) is 59.6 Å². The molecule has 184 valence electrons. The molecule has 2 amide bonds. The van der Waals surface area contributed by atoms with E-state index in [2.05, 4.69) is 5.32 Å². The van der Waals surface area contributed by atoms with Gasteiger partial charge in [0.05, 0.1) is 6.10 Å². The number of hydrogen-bond donors (Lipinski definition) is 1. The fourth-order valence-electron chi connectivity index (χ4n) is 4.25. The van der Waals surface area contributed by atoms with Crippen LogP contribution in [0.1, 0.15) is 31.4 Å². The Balaban J connectivity index is 0.00000204. The number of rotatable bonds is 9. The molecule has 2 aliphatic heterocycles. The van der Waals surface area contributed by atoms with Crippen molar-refractivity contribution in [2.75, 3.05) is 18.9 Å². The van der Waals surface area contributed by atoms with Gasteiger partial charge in [0, 0.05) is 24.5 Å². The molecule has 2 heterocycles. The van der Waals surface area contributed by atoms with E-state index >= 15 is 0 Å². The molecule has 0 aromatic heterocycles. The smallest absolute Gasteiger partial charge is 0.246 e. The third-order valence-electron chi connectivity index (χ3n) is 5.91. The number of hydrogen-bond acceptors (Lipinski definition) is 5. The van der Waals surface area contributed by atoms with E-state index in [9.17, 15) is 14.4 Å². The number of ether oxygens (including phenoxy) is 1. The summed E-state index contributed by atoms with van der Waals surface area (Å²) in [4.78, 5) is 39.9. The predicted octanol–water partition coefficient (Wildman–Crippen LogP) is 3.36. The molecular weight excluding hydrogens is 468 g/mol.